The first-order valence-electron chi connectivity index (χ1n) is 3.32. The van der Waals surface area contributed by atoms with E-state index in [1.165, 1.54) is 0 Å². The van der Waals surface area contributed by atoms with Crippen molar-refractivity contribution in [3.8, 4) is 0 Å². The lowest BCUT2D eigenvalue weighted by Gasteiger charge is -1.97. The molecule has 1 heterocycles. The van der Waals surface area contributed by atoms with Gasteiger partial charge in [-0.25, -0.2) is 0 Å². The Morgan fingerprint density at radius 1 is 1.64 bits per heavy atom. The summed E-state index contributed by atoms with van der Waals surface area (Å²) in [6.07, 6.45) is 2.40. The quantitative estimate of drug-likeness (QED) is 0.480. The summed E-state index contributed by atoms with van der Waals surface area (Å²) < 4.78 is 0. The molecule has 1 rings (SSSR count). The Morgan fingerprint density at radius 3 is 2.73 bits per heavy atom. The Bertz CT molecular complexity index is 251. The maximum atomic E-state index is 7.06. The Labute approximate surface area is 65.8 Å². The van der Waals surface area contributed by atoms with E-state index in [-0.39, 0.29) is 5.84 Å². The van der Waals surface area contributed by atoms with E-state index in [0.29, 0.717) is 12.1 Å². The molecule has 0 fully saturated rings. The van der Waals surface area contributed by atoms with Crippen molar-refractivity contribution in [3.63, 3.8) is 0 Å². The Hall–Kier alpha value is -1.38. The molecule has 0 aromatic carbocycles. The second-order valence-electron chi connectivity index (χ2n) is 2.22. The number of nitrogens with one attached hydrogen (secondary N) is 1. The standard InChI is InChI=1S/C8H10N3/c1-2-6-3-4-7(8(9)10)11-5-6/h3-5H,1-2H2,(H3,9,10). The zero-order valence-corrected chi connectivity index (χ0v) is 6.17. The van der Waals surface area contributed by atoms with Crippen molar-refractivity contribution in [1.82, 2.24) is 4.98 Å². The normalized spacial score (nSPS) is 9.55. The summed E-state index contributed by atoms with van der Waals surface area (Å²) in [5, 5.41) is 7.06. The molecule has 1 aromatic heterocycles. The van der Waals surface area contributed by atoms with Crippen LogP contribution in [0.3, 0.4) is 0 Å². The van der Waals surface area contributed by atoms with E-state index < -0.39 is 0 Å². The number of nitrogens with zero attached hydrogens (tertiary/aromatic N) is 1. The number of hydrogen-bond acceptors (Lipinski definition) is 2. The van der Waals surface area contributed by atoms with Gasteiger partial charge in [0.25, 0.3) is 0 Å². The summed E-state index contributed by atoms with van der Waals surface area (Å²) in [5.41, 5.74) is 6.78. The molecular weight excluding hydrogens is 138 g/mol. The van der Waals surface area contributed by atoms with Gasteiger partial charge in [0.1, 0.15) is 11.5 Å². The lowest BCUT2D eigenvalue weighted by atomic mass is 10.2. The second kappa shape index (κ2) is 3.14. The van der Waals surface area contributed by atoms with Crippen molar-refractivity contribution >= 4 is 5.84 Å². The summed E-state index contributed by atoms with van der Waals surface area (Å²) in [7, 11) is 0. The Morgan fingerprint density at radius 2 is 2.36 bits per heavy atom. The molecule has 0 amide bonds. The van der Waals surface area contributed by atoms with E-state index in [9.17, 15) is 0 Å². The molecular formula is C8H10N3. The van der Waals surface area contributed by atoms with E-state index in [1.54, 1.807) is 12.3 Å². The van der Waals surface area contributed by atoms with Gasteiger partial charge in [-0.15, -0.1) is 0 Å². The lowest BCUT2D eigenvalue weighted by molar-refractivity contribution is 1.17. The molecule has 0 atom stereocenters. The third-order valence-electron chi connectivity index (χ3n) is 1.39. The fourth-order valence-corrected chi connectivity index (χ4v) is 0.732. The van der Waals surface area contributed by atoms with Gasteiger partial charge in [-0.05, 0) is 25.0 Å². The summed E-state index contributed by atoms with van der Waals surface area (Å²) in [5.74, 6) is 0.000567. The van der Waals surface area contributed by atoms with Crippen molar-refractivity contribution in [2.24, 2.45) is 5.73 Å². The monoisotopic (exact) mass is 148 g/mol. The van der Waals surface area contributed by atoms with Gasteiger partial charge in [-0.1, -0.05) is 6.07 Å². The molecule has 0 aliphatic rings. The minimum Gasteiger partial charge on any atom is -0.382 e. The molecule has 3 nitrogen and oxygen atoms in total. The molecule has 11 heavy (non-hydrogen) atoms. The molecule has 0 bridgehead atoms. The van der Waals surface area contributed by atoms with Crippen LogP contribution in [0, 0.1) is 12.3 Å². The molecule has 3 heteroatoms. The first-order chi connectivity index (χ1) is 5.24. The molecule has 0 saturated heterocycles. The number of hydrogen-bond donors (Lipinski definition) is 2. The van der Waals surface area contributed by atoms with Crippen LogP contribution in [0.2, 0.25) is 0 Å². The third-order valence-corrected chi connectivity index (χ3v) is 1.39. The fourth-order valence-electron chi connectivity index (χ4n) is 0.732. The van der Waals surface area contributed by atoms with Gasteiger partial charge in [0.05, 0.1) is 0 Å². The second-order valence-corrected chi connectivity index (χ2v) is 2.22. The van der Waals surface area contributed by atoms with E-state index >= 15 is 0 Å². The van der Waals surface area contributed by atoms with Gasteiger partial charge in [0.2, 0.25) is 0 Å². The number of amidine groups is 1. The van der Waals surface area contributed by atoms with Crippen molar-refractivity contribution in [2.45, 2.75) is 6.42 Å². The Balaban J connectivity index is 2.91. The summed E-state index contributed by atoms with van der Waals surface area (Å²) in [6, 6.07) is 3.60. The SMILES string of the molecule is [CH2]Cc1ccc(C(=N)N)nc1. The van der Waals surface area contributed by atoms with Crippen molar-refractivity contribution in [3.05, 3.63) is 36.5 Å². The van der Waals surface area contributed by atoms with Gasteiger partial charge >= 0.3 is 0 Å². The minimum atomic E-state index is 0.000567. The number of nitrogen functional groups attached to an aromatic ring is 1. The third kappa shape index (κ3) is 1.77. The van der Waals surface area contributed by atoms with E-state index in [0.717, 1.165) is 5.56 Å². The Kier molecular flexibility index (Phi) is 2.21. The average Bonchev–Trinajstić information content (AvgIpc) is 2.05. The zero-order chi connectivity index (χ0) is 8.27. The van der Waals surface area contributed by atoms with Gasteiger partial charge in [0.15, 0.2) is 0 Å². The predicted octanol–water partition coefficient (Wildman–Crippen LogP) is 0.742. The maximum Gasteiger partial charge on any atom is 0.141 e. The van der Waals surface area contributed by atoms with Crippen molar-refractivity contribution in [1.29, 1.82) is 5.41 Å². The van der Waals surface area contributed by atoms with Crippen LogP contribution in [0.25, 0.3) is 0 Å². The number of aromatic nitrogens is 1. The van der Waals surface area contributed by atoms with Gasteiger partial charge < -0.3 is 5.73 Å². The summed E-state index contributed by atoms with van der Waals surface area (Å²) in [4.78, 5) is 3.96. The average molecular weight is 148 g/mol. The van der Waals surface area contributed by atoms with E-state index in [1.807, 2.05) is 6.07 Å². The van der Waals surface area contributed by atoms with Gasteiger partial charge in [-0.3, -0.25) is 10.4 Å². The highest BCUT2D eigenvalue weighted by molar-refractivity contribution is 5.92. The molecule has 1 aromatic rings. The maximum absolute atomic E-state index is 7.06. The molecule has 0 saturated carbocycles. The molecule has 0 aliphatic carbocycles. The highest BCUT2D eigenvalue weighted by Gasteiger charge is 1.95. The largest absolute Gasteiger partial charge is 0.382 e. The lowest BCUT2D eigenvalue weighted by Crippen LogP contribution is -2.12. The zero-order valence-electron chi connectivity index (χ0n) is 6.17. The molecule has 0 aliphatic heterocycles. The number of rotatable bonds is 2. The van der Waals surface area contributed by atoms with Crippen LogP contribution in [0.15, 0.2) is 18.3 Å². The van der Waals surface area contributed by atoms with Crippen molar-refractivity contribution in [2.75, 3.05) is 0 Å². The molecule has 0 unspecified atom stereocenters. The highest BCUT2D eigenvalue weighted by Crippen LogP contribution is 1.99. The van der Waals surface area contributed by atoms with Crippen LogP contribution in [0.4, 0.5) is 0 Å². The molecule has 3 N–H and O–H groups in total. The van der Waals surface area contributed by atoms with Gasteiger partial charge in [0, 0.05) is 6.20 Å². The molecule has 0 spiro atoms. The summed E-state index contributed by atoms with van der Waals surface area (Å²) >= 11 is 0. The molecule has 57 valence electrons. The van der Waals surface area contributed by atoms with Crippen LogP contribution in [0.5, 0.6) is 0 Å². The van der Waals surface area contributed by atoms with Crippen molar-refractivity contribution < 1.29 is 0 Å². The van der Waals surface area contributed by atoms with Crippen LogP contribution in [-0.2, 0) is 6.42 Å². The van der Waals surface area contributed by atoms with Crippen LogP contribution in [0.1, 0.15) is 11.3 Å². The van der Waals surface area contributed by atoms with Crippen LogP contribution >= 0.6 is 0 Å². The van der Waals surface area contributed by atoms with E-state index in [2.05, 4.69) is 11.9 Å². The van der Waals surface area contributed by atoms with Crippen LogP contribution < -0.4 is 5.73 Å². The topological polar surface area (TPSA) is 62.8 Å². The first-order valence-corrected chi connectivity index (χ1v) is 3.32. The number of pyridine rings is 1. The fraction of sp³-hybridized carbons (Fsp3) is 0.125. The van der Waals surface area contributed by atoms with Gasteiger partial charge in [-0.2, -0.15) is 0 Å². The van der Waals surface area contributed by atoms with E-state index in [4.69, 9.17) is 11.1 Å². The van der Waals surface area contributed by atoms with Crippen LogP contribution in [-0.4, -0.2) is 10.8 Å². The highest BCUT2D eigenvalue weighted by atomic mass is 14.8. The summed E-state index contributed by atoms with van der Waals surface area (Å²) in [6.45, 7) is 3.71. The number of nitrogens with two attached hydrogens (primary N) is 1. The smallest absolute Gasteiger partial charge is 0.141 e. The first kappa shape index (κ1) is 7.72. The minimum absolute atomic E-state index is 0.000567. The predicted molar refractivity (Wildman–Crippen MR) is 44.3 cm³/mol. The molecule has 1 radical (unpaired) electrons.